The molecule has 0 unspecified atom stereocenters. The highest BCUT2D eigenvalue weighted by atomic mass is 16.5. The summed E-state index contributed by atoms with van der Waals surface area (Å²) >= 11 is 0. The fraction of sp³-hybridized carbons (Fsp3) is 0.353. The lowest BCUT2D eigenvalue weighted by molar-refractivity contribution is 0.0453. The van der Waals surface area contributed by atoms with Gasteiger partial charge in [-0.3, -0.25) is 4.79 Å². The smallest absolute Gasteiger partial charge is 0.291 e. The SMILES string of the molecule is CCOCCOCc1cccc(NC(=O)c2occc2C)c1. The number of amides is 1. The van der Waals surface area contributed by atoms with Crippen LogP contribution in [0.4, 0.5) is 5.69 Å². The second-order valence-corrected chi connectivity index (χ2v) is 4.84. The Morgan fingerprint density at radius 1 is 1.23 bits per heavy atom. The Hall–Kier alpha value is -2.11. The van der Waals surface area contributed by atoms with Crippen LogP contribution in [0.1, 0.15) is 28.6 Å². The Morgan fingerprint density at radius 3 is 2.77 bits per heavy atom. The van der Waals surface area contributed by atoms with Crippen molar-refractivity contribution in [3.05, 3.63) is 53.5 Å². The third-order valence-corrected chi connectivity index (χ3v) is 3.10. The molecule has 22 heavy (non-hydrogen) atoms. The molecule has 1 N–H and O–H groups in total. The maximum atomic E-state index is 12.1. The Morgan fingerprint density at radius 2 is 2.05 bits per heavy atom. The number of carbonyl (C=O) groups excluding carboxylic acids is 1. The van der Waals surface area contributed by atoms with E-state index < -0.39 is 0 Å². The third-order valence-electron chi connectivity index (χ3n) is 3.10. The fourth-order valence-electron chi connectivity index (χ4n) is 1.98. The molecule has 0 aliphatic heterocycles. The van der Waals surface area contributed by atoms with E-state index in [0.29, 0.717) is 37.9 Å². The summed E-state index contributed by atoms with van der Waals surface area (Å²) in [5.41, 5.74) is 2.52. The van der Waals surface area contributed by atoms with Crippen LogP contribution in [-0.2, 0) is 16.1 Å². The van der Waals surface area contributed by atoms with Gasteiger partial charge in [-0.25, -0.2) is 0 Å². The lowest BCUT2D eigenvalue weighted by atomic mass is 10.2. The highest BCUT2D eigenvalue weighted by Gasteiger charge is 2.12. The summed E-state index contributed by atoms with van der Waals surface area (Å²) in [6, 6.07) is 9.31. The second-order valence-electron chi connectivity index (χ2n) is 4.84. The number of anilines is 1. The third kappa shape index (κ3) is 4.72. The maximum Gasteiger partial charge on any atom is 0.291 e. The molecule has 118 valence electrons. The van der Waals surface area contributed by atoms with Crippen LogP contribution in [0.15, 0.2) is 41.0 Å². The first-order valence-corrected chi connectivity index (χ1v) is 7.30. The summed E-state index contributed by atoms with van der Waals surface area (Å²) in [5, 5.41) is 2.82. The van der Waals surface area contributed by atoms with Crippen molar-refractivity contribution >= 4 is 11.6 Å². The van der Waals surface area contributed by atoms with Gasteiger partial charge in [0.1, 0.15) is 0 Å². The van der Waals surface area contributed by atoms with Crippen molar-refractivity contribution in [2.75, 3.05) is 25.1 Å². The first-order valence-electron chi connectivity index (χ1n) is 7.30. The molecule has 5 nitrogen and oxygen atoms in total. The molecule has 2 aromatic rings. The van der Waals surface area contributed by atoms with Gasteiger partial charge in [0.05, 0.1) is 26.1 Å². The molecule has 0 bridgehead atoms. The summed E-state index contributed by atoms with van der Waals surface area (Å²) in [6.07, 6.45) is 1.51. The molecular formula is C17H21NO4. The van der Waals surface area contributed by atoms with E-state index in [0.717, 1.165) is 11.1 Å². The van der Waals surface area contributed by atoms with Crippen LogP contribution in [0.2, 0.25) is 0 Å². The van der Waals surface area contributed by atoms with Gasteiger partial charge in [-0.2, -0.15) is 0 Å². The van der Waals surface area contributed by atoms with E-state index in [2.05, 4.69) is 5.32 Å². The van der Waals surface area contributed by atoms with Crippen LogP contribution in [-0.4, -0.2) is 25.7 Å². The molecular weight excluding hydrogens is 282 g/mol. The first-order chi connectivity index (χ1) is 10.7. The fourth-order valence-corrected chi connectivity index (χ4v) is 1.98. The topological polar surface area (TPSA) is 60.7 Å². The number of benzene rings is 1. The second kappa shape index (κ2) is 8.36. The van der Waals surface area contributed by atoms with Crippen LogP contribution in [0.25, 0.3) is 0 Å². The zero-order valence-corrected chi connectivity index (χ0v) is 12.9. The van der Waals surface area contributed by atoms with Gasteiger partial charge in [0.15, 0.2) is 5.76 Å². The number of rotatable bonds is 8. The Balaban J connectivity index is 1.88. The molecule has 0 fully saturated rings. The minimum absolute atomic E-state index is 0.253. The summed E-state index contributed by atoms with van der Waals surface area (Å²) in [7, 11) is 0. The number of aryl methyl sites for hydroxylation is 1. The average molecular weight is 303 g/mol. The largest absolute Gasteiger partial charge is 0.459 e. The van der Waals surface area contributed by atoms with Gasteiger partial charge in [0.25, 0.3) is 5.91 Å². The predicted molar refractivity (Wildman–Crippen MR) is 84.0 cm³/mol. The standard InChI is InChI=1S/C17H21NO4/c1-3-20-9-10-21-12-14-5-4-6-15(11-14)18-17(19)16-13(2)7-8-22-16/h4-8,11H,3,9-10,12H2,1-2H3,(H,18,19). The van der Waals surface area contributed by atoms with Gasteiger partial charge >= 0.3 is 0 Å². The van der Waals surface area contributed by atoms with Gasteiger partial charge in [0.2, 0.25) is 0 Å². The number of carbonyl (C=O) groups is 1. The first kappa shape index (κ1) is 16.3. The summed E-state index contributed by atoms with van der Waals surface area (Å²) in [5.74, 6) is 0.0790. The van der Waals surface area contributed by atoms with E-state index in [1.165, 1.54) is 6.26 Å². The van der Waals surface area contributed by atoms with Crippen molar-refractivity contribution in [1.82, 2.24) is 0 Å². The molecule has 0 radical (unpaired) electrons. The molecule has 0 saturated carbocycles. The highest BCUT2D eigenvalue weighted by molar-refractivity contribution is 6.03. The zero-order valence-electron chi connectivity index (χ0n) is 12.9. The Labute approximate surface area is 130 Å². The molecule has 0 saturated heterocycles. The Bertz CT molecular complexity index is 606. The molecule has 0 aliphatic rings. The molecule has 0 atom stereocenters. The van der Waals surface area contributed by atoms with Gasteiger partial charge in [-0.15, -0.1) is 0 Å². The normalized spacial score (nSPS) is 10.6. The van der Waals surface area contributed by atoms with Crippen molar-refractivity contribution < 1.29 is 18.7 Å². The van der Waals surface area contributed by atoms with Crippen molar-refractivity contribution in [2.45, 2.75) is 20.5 Å². The summed E-state index contributed by atoms with van der Waals surface area (Å²) in [4.78, 5) is 12.1. The van der Waals surface area contributed by atoms with Crippen LogP contribution < -0.4 is 5.32 Å². The number of hydrogen-bond donors (Lipinski definition) is 1. The van der Waals surface area contributed by atoms with E-state index in [-0.39, 0.29) is 5.91 Å². The predicted octanol–water partition coefficient (Wildman–Crippen LogP) is 3.39. The van der Waals surface area contributed by atoms with E-state index in [9.17, 15) is 4.79 Å². The van der Waals surface area contributed by atoms with Crippen molar-refractivity contribution in [3.8, 4) is 0 Å². The van der Waals surface area contributed by atoms with Crippen LogP contribution in [0.3, 0.4) is 0 Å². The van der Waals surface area contributed by atoms with E-state index in [1.54, 1.807) is 6.07 Å². The number of furan rings is 1. The monoisotopic (exact) mass is 303 g/mol. The van der Waals surface area contributed by atoms with E-state index in [1.807, 2.05) is 38.1 Å². The van der Waals surface area contributed by atoms with E-state index in [4.69, 9.17) is 13.9 Å². The molecule has 5 heteroatoms. The van der Waals surface area contributed by atoms with Crippen LogP contribution >= 0.6 is 0 Å². The lowest BCUT2D eigenvalue weighted by Crippen LogP contribution is -2.12. The van der Waals surface area contributed by atoms with Gasteiger partial charge in [-0.1, -0.05) is 12.1 Å². The summed E-state index contributed by atoms with van der Waals surface area (Å²) in [6.45, 7) is 6.10. The number of nitrogens with one attached hydrogen (secondary N) is 1. The minimum atomic E-state index is -0.253. The average Bonchev–Trinajstić information content (AvgIpc) is 2.94. The number of hydrogen-bond acceptors (Lipinski definition) is 4. The minimum Gasteiger partial charge on any atom is -0.459 e. The van der Waals surface area contributed by atoms with Gasteiger partial charge in [0, 0.05) is 17.9 Å². The van der Waals surface area contributed by atoms with Crippen molar-refractivity contribution in [3.63, 3.8) is 0 Å². The van der Waals surface area contributed by atoms with Crippen molar-refractivity contribution in [2.24, 2.45) is 0 Å². The molecule has 2 rings (SSSR count). The van der Waals surface area contributed by atoms with Gasteiger partial charge in [-0.05, 0) is 37.6 Å². The van der Waals surface area contributed by atoms with Crippen molar-refractivity contribution in [1.29, 1.82) is 0 Å². The quantitative estimate of drug-likeness (QED) is 0.759. The molecule has 1 heterocycles. The maximum absolute atomic E-state index is 12.1. The summed E-state index contributed by atoms with van der Waals surface area (Å²) < 4.78 is 15.9. The van der Waals surface area contributed by atoms with Gasteiger partial charge < -0.3 is 19.2 Å². The molecule has 1 aromatic carbocycles. The molecule has 0 aliphatic carbocycles. The van der Waals surface area contributed by atoms with E-state index >= 15 is 0 Å². The van der Waals surface area contributed by atoms with Crippen LogP contribution in [0.5, 0.6) is 0 Å². The molecule has 1 amide bonds. The Kier molecular flexibility index (Phi) is 6.18. The molecule has 1 aromatic heterocycles. The zero-order chi connectivity index (χ0) is 15.8. The van der Waals surface area contributed by atoms with Crippen LogP contribution in [0, 0.1) is 6.92 Å². The number of ether oxygens (including phenoxy) is 2. The molecule has 0 spiro atoms. The lowest BCUT2D eigenvalue weighted by Gasteiger charge is -2.08. The highest BCUT2D eigenvalue weighted by Crippen LogP contribution is 2.15.